The van der Waals surface area contributed by atoms with Crippen LogP contribution in [0.2, 0.25) is 0 Å². The molecule has 2 atom stereocenters. The van der Waals surface area contributed by atoms with Gasteiger partial charge in [0.1, 0.15) is 0 Å². The van der Waals surface area contributed by atoms with Crippen LogP contribution in [0.1, 0.15) is 47.2 Å². The van der Waals surface area contributed by atoms with Gasteiger partial charge < -0.3 is 0 Å². The van der Waals surface area contributed by atoms with E-state index in [1.165, 1.54) is 99.4 Å². The van der Waals surface area contributed by atoms with Crippen LogP contribution in [0, 0.1) is 0 Å². The molecule has 0 heterocycles. The van der Waals surface area contributed by atoms with Gasteiger partial charge in [-0.25, -0.2) is 0 Å². The third kappa shape index (κ3) is 4.14. The van der Waals surface area contributed by atoms with Gasteiger partial charge >= 0.3 is 0 Å². The number of hydrogen-bond acceptors (Lipinski definition) is 0. The van der Waals surface area contributed by atoms with Crippen LogP contribution in [0.4, 0.5) is 0 Å². The first-order chi connectivity index (χ1) is 26.6. The quantitative estimate of drug-likeness (QED) is 0.162. The Hall–Kier alpha value is -6.50. The topological polar surface area (TPSA) is 0 Å². The number of hydrogen-bond donors (Lipinski definition) is 0. The van der Waals surface area contributed by atoms with Gasteiger partial charge in [0, 0.05) is 10.8 Å². The van der Waals surface area contributed by atoms with Crippen molar-refractivity contribution in [3.05, 3.63) is 228 Å². The third-order valence-electron chi connectivity index (χ3n) is 12.8. The Labute approximate surface area is 317 Å². The highest BCUT2D eigenvalue weighted by molar-refractivity contribution is 6.21. The van der Waals surface area contributed by atoms with Crippen LogP contribution < -0.4 is 0 Å². The summed E-state index contributed by atoms with van der Waals surface area (Å²) in [4.78, 5) is 0. The van der Waals surface area contributed by atoms with Crippen molar-refractivity contribution in [1.82, 2.24) is 0 Å². The van der Waals surface area contributed by atoms with Crippen LogP contribution in [-0.2, 0) is 10.8 Å². The molecule has 2 aliphatic carbocycles. The smallest absolute Gasteiger partial charge is 0.0435 e. The monoisotopic (exact) mass is 686 g/mol. The van der Waals surface area contributed by atoms with Crippen molar-refractivity contribution in [2.75, 3.05) is 0 Å². The first-order valence-electron chi connectivity index (χ1n) is 19.1. The van der Waals surface area contributed by atoms with Gasteiger partial charge in [-0.1, -0.05) is 176 Å². The molecule has 0 radical (unpaired) electrons. The van der Waals surface area contributed by atoms with Crippen molar-refractivity contribution in [2.24, 2.45) is 0 Å². The summed E-state index contributed by atoms with van der Waals surface area (Å²) >= 11 is 0. The lowest BCUT2D eigenvalue weighted by molar-refractivity contribution is 0.705. The summed E-state index contributed by atoms with van der Waals surface area (Å²) in [5, 5.41) is 5.11. The molecule has 0 aromatic heterocycles. The molecule has 9 aromatic rings. The Morgan fingerprint density at radius 1 is 0.278 bits per heavy atom. The fraction of sp³-hybridized carbons (Fsp3) is 0.0741. The molecular weight excluding hydrogens is 649 g/mol. The Kier molecular flexibility index (Phi) is 6.61. The Bertz CT molecular complexity index is 2880. The molecule has 0 amide bonds. The van der Waals surface area contributed by atoms with E-state index in [2.05, 4.69) is 208 Å². The number of benzene rings is 9. The number of fused-ring (bicyclic) bond motifs is 8. The average Bonchev–Trinajstić information content (AvgIpc) is 3.65. The lowest BCUT2D eigenvalue weighted by Crippen LogP contribution is -2.24. The molecule has 0 heteroatoms. The lowest BCUT2D eigenvalue weighted by atomic mass is 9.72. The van der Waals surface area contributed by atoms with Crippen molar-refractivity contribution >= 4 is 21.5 Å². The van der Waals surface area contributed by atoms with Crippen LogP contribution >= 0.6 is 0 Å². The van der Waals surface area contributed by atoms with Crippen molar-refractivity contribution in [2.45, 2.75) is 24.7 Å². The highest BCUT2D eigenvalue weighted by Crippen LogP contribution is 2.60. The molecule has 9 aromatic carbocycles. The van der Waals surface area contributed by atoms with Crippen LogP contribution in [-0.4, -0.2) is 0 Å². The summed E-state index contributed by atoms with van der Waals surface area (Å²) in [5.41, 5.74) is 18.0. The van der Waals surface area contributed by atoms with E-state index in [9.17, 15) is 0 Å². The van der Waals surface area contributed by atoms with E-state index in [0.29, 0.717) is 0 Å². The van der Waals surface area contributed by atoms with E-state index in [1.54, 1.807) is 0 Å². The molecule has 0 bridgehead atoms. The third-order valence-corrected chi connectivity index (χ3v) is 12.8. The maximum absolute atomic E-state index is 2.56. The zero-order valence-corrected chi connectivity index (χ0v) is 30.5. The Morgan fingerprint density at radius 3 is 1.20 bits per heavy atom. The molecule has 0 spiro atoms. The van der Waals surface area contributed by atoms with E-state index in [0.717, 1.165) is 0 Å². The second kappa shape index (κ2) is 11.5. The van der Waals surface area contributed by atoms with E-state index < -0.39 is 0 Å². The minimum Gasteiger partial charge on any atom is -0.0622 e. The summed E-state index contributed by atoms with van der Waals surface area (Å²) < 4.78 is 0. The van der Waals surface area contributed by atoms with E-state index in [-0.39, 0.29) is 10.8 Å². The maximum atomic E-state index is 2.56. The average molecular weight is 687 g/mol. The van der Waals surface area contributed by atoms with Crippen molar-refractivity contribution in [3.63, 3.8) is 0 Å². The molecule has 54 heavy (non-hydrogen) atoms. The van der Waals surface area contributed by atoms with Gasteiger partial charge in [-0.05, 0) is 131 Å². The van der Waals surface area contributed by atoms with E-state index in [1.807, 2.05) is 0 Å². The van der Waals surface area contributed by atoms with Gasteiger partial charge in [-0.3, -0.25) is 0 Å². The standard InChI is InChI=1S/C54H38/c1-53(37-20-8-4-9-21-37)47-29-17-16-24-39(47)45-33-50-46(34-49(45)53)44-32-36(30-31-48(44)54(50,2)38-22-10-5-11-23-38)52-42-27-14-12-25-40(42)51(35-18-6-3-7-19-35)41-26-13-15-28-43(41)52/h3-34H,1-2H3. The largest absolute Gasteiger partial charge is 0.0622 e. The van der Waals surface area contributed by atoms with E-state index in [4.69, 9.17) is 0 Å². The van der Waals surface area contributed by atoms with E-state index >= 15 is 0 Å². The fourth-order valence-electron chi connectivity index (χ4n) is 10.2. The highest BCUT2D eigenvalue weighted by atomic mass is 14.5. The predicted octanol–water partition coefficient (Wildman–Crippen LogP) is 14.0. The van der Waals surface area contributed by atoms with Gasteiger partial charge in [-0.2, -0.15) is 0 Å². The summed E-state index contributed by atoms with van der Waals surface area (Å²) in [6.45, 7) is 4.87. The Morgan fingerprint density at radius 2 is 0.667 bits per heavy atom. The second-order valence-corrected chi connectivity index (χ2v) is 15.4. The molecule has 0 aliphatic heterocycles. The van der Waals surface area contributed by atoms with Crippen LogP contribution in [0.25, 0.3) is 66.1 Å². The van der Waals surface area contributed by atoms with Gasteiger partial charge in [0.2, 0.25) is 0 Å². The molecule has 0 N–H and O–H groups in total. The summed E-state index contributed by atoms with van der Waals surface area (Å²) in [6, 6.07) is 72.6. The lowest BCUT2D eigenvalue weighted by Gasteiger charge is -2.30. The summed E-state index contributed by atoms with van der Waals surface area (Å²) in [7, 11) is 0. The molecule has 11 rings (SSSR count). The molecule has 254 valence electrons. The van der Waals surface area contributed by atoms with Crippen molar-refractivity contribution < 1.29 is 0 Å². The zero-order valence-electron chi connectivity index (χ0n) is 30.5. The maximum Gasteiger partial charge on any atom is 0.0435 e. The zero-order chi connectivity index (χ0) is 36.0. The predicted molar refractivity (Wildman–Crippen MR) is 227 cm³/mol. The molecule has 0 saturated heterocycles. The highest BCUT2D eigenvalue weighted by Gasteiger charge is 2.46. The summed E-state index contributed by atoms with van der Waals surface area (Å²) in [5.74, 6) is 0. The fourth-order valence-corrected chi connectivity index (χ4v) is 10.2. The number of rotatable bonds is 4. The molecular formula is C54H38. The Balaban J connectivity index is 1.22. The summed E-state index contributed by atoms with van der Waals surface area (Å²) in [6.07, 6.45) is 0. The molecule has 0 fully saturated rings. The second-order valence-electron chi connectivity index (χ2n) is 15.4. The minimum absolute atomic E-state index is 0.272. The first-order valence-corrected chi connectivity index (χ1v) is 19.1. The SMILES string of the molecule is CC1(c2ccccc2)c2ccccc2-c2cc3c(cc21)-c1cc(-c2c4ccccc4c(-c4ccccc4)c4ccccc24)ccc1C3(C)c1ccccc1. The van der Waals surface area contributed by atoms with Gasteiger partial charge in [0.15, 0.2) is 0 Å². The molecule has 2 unspecified atom stereocenters. The minimum atomic E-state index is -0.318. The first kappa shape index (κ1) is 31.1. The van der Waals surface area contributed by atoms with Gasteiger partial charge in [0.25, 0.3) is 0 Å². The molecule has 2 aliphatic rings. The van der Waals surface area contributed by atoms with Crippen molar-refractivity contribution in [3.8, 4) is 44.5 Å². The van der Waals surface area contributed by atoms with Gasteiger partial charge in [0.05, 0.1) is 0 Å². The van der Waals surface area contributed by atoms with Crippen LogP contribution in [0.3, 0.4) is 0 Å². The molecule has 0 saturated carbocycles. The van der Waals surface area contributed by atoms with Crippen LogP contribution in [0.5, 0.6) is 0 Å². The van der Waals surface area contributed by atoms with Crippen molar-refractivity contribution in [1.29, 1.82) is 0 Å². The molecule has 0 nitrogen and oxygen atoms in total. The normalized spacial score (nSPS) is 18.0. The van der Waals surface area contributed by atoms with Crippen LogP contribution in [0.15, 0.2) is 194 Å². The van der Waals surface area contributed by atoms with Gasteiger partial charge in [-0.15, -0.1) is 0 Å².